The third-order valence-electron chi connectivity index (χ3n) is 8.23. The Morgan fingerprint density at radius 3 is 1.71 bits per heavy atom. The summed E-state index contributed by atoms with van der Waals surface area (Å²) < 4.78 is 33.2. The number of rotatable bonds is 37. The van der Waals surface area contributed by atoms with Gasteiger partial charge in [0.2, 0.25) is 0 Å². The van der Waals surface area contributed by atoms with E-state index in [2.05, 4.69) is 38.2 Å². The van der Waals surface area contributed by atoms with Crippen molar-refractivity contribution in [1.29, 1.82) is 0 Å². The van der Waals surface area contributed by atoms with Crippen LogP contribution in [0.1, 0.15) is 168 Å². The molecular weight excluding hydrogens is 645 g/mol. The molecule has 288 valence electrons. The van der Waals surface area contributed by atoms with Crippen molar-refractivity contribution in [3.8, 4) is 0 Å². The Morgan fingerprint density at radius 2 is 1.14 bits per heavy atom. The van der Waals surface area contributed by atoms with Gasteiger partial charge in [-0.15, -0.1) is 0 Å². The minimum Gasteiger partial charge on any atom is -0.480 e. The summed E-state index contributed by atoms with van der Waals surface area (Å²) in [5.74, 6) is -1.79. The molecule has 0 amide bonds. The van der Waals surface area contributed by atoms with Crippen LogP contribution < -0.4 is 5.73 Å². The van der Waals surface area contributed by atoms with E-state index in [9.17, 15) is 19.0 Å². The number of carbonyl (C=O) groups excluding carboxylic acids is 1. The first-order valence-corrected chi connectivity index (χ1v) is 20.9. The fourth-order valence-electron chi connectivity index (χ4n) is 5.15. The standard InChI is InChI=1S/C38H72NO9P/c1-3-5-7-9-11-13-15-17-18-20-22-24-26-28-30-37(40)48-35(33-46-49(43,44)47-34-36(39)38(41)42)32-45-31-29-27-25-23-21-19-16-14-12-10-8-6-4-2/h9,11,15,17,35-36H,3-8,10,12-14,16,18-34,39H2,1-2H3,(H,41,42)(H,43,44)/b11-9-,17-15-. The van der Waals surface area contributed by atoms with E-state index in [0.29, 0.717) is 13.0 Å². The smallest absolute Gasteiger partial charge is 0.472 e. The number of carboxylic acids is 1. The van der Waals surface area contributed by atoms with E-state index in [4.69, 9.17) is 29.4 Å². The third kappa shape index (κ3) is 34.7. The monoisotopic (exact) mass is 717 g/mol. The van der Waals surface area contributed by atoms with Crippen LogP contribution in [0.15, 0.2) is 24.3 Å². The number of aliphatic carboxylic acids is 1. The summed E-state index contributed by atoms with van der Waals surface area (Å²) in [5, 5.41) is 8.86. The number of carbonyl (C=O) groups is 2. The van der Waals surface area contributed by atoms with E-state index >= 15 is 0 Å². The fourth-order valence-corrected chi connectivity index (χ4v) is 5.93. The first-order valence-electron chi connectivity index (χ1n) is 19.4. The highest BCUT2D eigenvalue weighted by molar-refractivity contribution is 7.47. The van der Waals surface area contributed by atoms with Crippen LogP contribution in [0.5, 0.6) is 0 Å². The maximum atomic E-state index is 12.6. The van der Waals surface area contributed by atoms with Gasteiger partial charge < -0.3 is 25.2 Å². The lowest BCUT2D eigenvalue weighted by molar-refractivity contribution is -0.154. The number of ether oxygens (including phenoxy) is 2. The van der Waals surface area contributed by atoms with Gasteiger partial charge in [-0.2, -0.15) is 0 Å². The van der Waals surface area contributed by atoms with Gasteiger partial charge in [0.05, 0.1) is 19.8 Å². The molecule has 49 heavy (non-hydrogen) atoms. The van der Waals surface area contributed by atoms with Crippen molar-refractivity contribution in [1.82, 2.24) is 0 Å². The predicted molar refractivity (Wildman–Crippen MR) is 198 cm³/mol. The summed E-state index contributed by atoms with van der Waals surface area (Å²) in [7, 11) is -4.61. The van der Waals surface area contributed by atoms with E-state index in [1.54, 1.807) is 0 Å². The van der Waals surface area contributed by atoms with E-state index in [1.807, 2.05) is 0 Å². The lowest BCUT2D eigenvalue weighted by Crippen LogP contribution is -2.34. The molecule has 0 saturated carbocycles. The Kier molecular flexibility index (Phi) is 33.8. The van der Waals surface area contributed by atoms with Crippen LogP contribution in [0.2, 0.25) is 0 Å². The summed E-state index contributed by atoms with van der Waals surface area (Å²) in [6.07, 6.45) is 35.1. The zero-order valence-corrected chi connectivity index (χ0v) is 31.9. The van der Waals surface area contributed by atoms with Crippen LogP contribution in [0, 0.1) is 0 Å². The first-order chi connectivity index (χ1) is 23.7. The molecule has 0 aromatic heterocycles. The molecule has 0 bridgehead atoms. The molecule has 0 radical (unpaired) electrons. The van der Waals surface area contributed by atoms with Gasteiger partial charge in [-0.05, 0) is 38.5 Å². The van der Waals surface area contributed by atoms with Gasteiger partial charge in [0.15, 0.2) is 0 Å². The molecule has 0 aliphatic heterocycles. The van der Waals surface area contributed by atoms with Crippen LogP contribution >= 0.6 is 7.82 Å². The maximum absolute atomic E-state index is 12.6. The molecule has 4 N–H and O–H groups in total. The second-order valence-electron chi connectivity index (χ2n) is 13.1. The molecule has 0 fully saturated rings. The zero-order chi connectivity index (χ0) is 36.3. The molecule has 0 aromatic carbocycles. The topological polar surface area (TPSA) is 155 Å². The van der Waals surface area contributed by atoms with Crippen molar-refractivity contribution in [2.45, 2.75) is 180 Å². The van der Waals surface area contributed by atoms with Crippen molar-refractivity contribution >= 4 is 19.8 Å². The number of esters is 1. The average Bonchev–Trinajstić information content (AvgIpc) is 3.07. The summed E-state index contributed by atoms with van der Waals surface area (Å²) in [4.78, 5) is 33.4. The van der Waals surface area contributed by atoms with Gasteiger partial charge in [0, 0.05) is 13.0 Å². The number of nitrogens with two attached hydrogens (primary N) is 1. The number of allylic oxidation sites excluding steroid dienone is 4. The predicted octanol–water partition coefficient (Wildman–Crippen LogP) is 9.97. The fraction of sp³-hybridized carbons (Fsp3) is 0.842. The Bertz CT molecular complexity index is 883. The van der Waals surface area contributed by atoms with Gasteiger partial charge >= 0.3 is 19.8 Å². The van der Waals surface area contributed by atoms with Crippen LogP contribution in [-0.2, 0) is 32.7 Å². The average molecular weight is 718 g/mol. The molecule has 3 atom stereocenters. The van der Waals surface area contributed by atoms with E-state index in [-0.39, 0.29) is 13.0 Å². The van der Waals surface area contributed by atoms with Crippen LogP contribution in [0.25, 0.3) is 0 Å². The van der Waals surface area contributed by atoms with Crippen molar-refractivity contribution in [3.05, 3.63) is 24.3 Å². The molecule has 0 saturated heterocycles. The van der Waals surface area contributed by atoms with Crippen LogP contribution in [0.3, 0.4) is 0 Å². The Hall–Kier alpha value is -1.55. The van der Waals surface area contributed by atoms with E-state index < -0.39 is 45.1 Å². The minimum absolute atomic E-state index is 0.0146. The second-order valence-corrected chi connectivity index (χ2v) is 14.5. The second kappa shape index (κ2) is 34.9. The van der Waals surface area contributed by atoms with Gasteiger partial charge in [-0.1, -0.05) is 147 Å². The Morgan fingerprint density at radius 1 is 0.653 bits per heavy atom. The molecule has 0 aromatic rings. The highest BCUT2D eigenvalue weighted by atomic mass is 31.2. The Balaban J connectivity index is 4.32. The first kappa shape index (κ1) is 47.4. The van der Waals surface area contributed by atoms with Crippen molar-refractivity contribution in [2.24, 2.45) is 5.73 Å². The van der Waals surface area contributed by atoms with Gasteiger partial charge in [0.1, 0.15) is 12.1 Å². The summed E-state index contributed by atoms with van der Waals surface area (Å²) in [6.45, 7) is 3.82. The highest BCUT2D eigenvalue weighted by Gasteiger charge is 2.27. The van der Waals surface area contributed by atoms with Gasteiger partial charge in [0.25, 0.3) is 0 Å². The minimum atomic E-state index is -4.61. The lowest BCUT2D eigenvalue weighted by Gasteiger charge is -2.20. The number of hydrogen-bond acceptors (Lipinski definition) is 8. The van der Waals surface area contributed by atoms with Gasteiger partial charge in [-0.25, -0.2) is 4.57 Å². The van der Waals surface area contributed by atoms with Crippen molar-refractivity contribution < 1.29 is 42.7 Å². The van der Waals surface area contributed by atoms with E-state index in [1.165, 1.54) is 77.0 Å². The number of phosphoric ester groups is 1. The molecular formula is C38H72NO9P. The summed E-state index contributed by atoms with van der Waals surface area (Å²) in [5.41, 5.74) is 5.34. The van der Waals surface area contributed by atoms with Gasteiger partial charge in [-0.3, -0.25) is 18.6 Å². The molecule has 11 heteroatoms. The zero-order valence-electron chi connectivity index (χ0n) is 31.0. The summed E-state index contributed by atoms with van der Waals surface area (Å²) >= 11 is 0. The molecule has 10 nitrogen and oxygen atoms in total. The van der Waals surface area contributed by atoms with Crippen LogP contribution in [0.4, 0.5) is 0 Å². The highest BCUT2D eigenvalue weighted by Crippen LogP contribution is 2.43. The SMILES string of the molecule is CCCC/C=C\C/C=C\CCCCCCCC(=O)OC(COCCCCCCCCCCCCCCC)COP(=O)(O)OCC(N)C(=O)O. The van der Waals surface area contributed by atoms with Crippen LogP contribution in [-0.4, -0.2) is 60.5 Å². The molecule has 0 rings (SSSR count). The number of phosphoric acid groups is 1. The quantitative estimate of drug-likeness (QED) is 0.0245. The molecule has 0 spiro atoms. The molecule has 3 unspecified atom stereocenters. The normalized spacial score (nSPS) is 14.4. The maximum Gasteiger partial charge on any atom is 0.472 e. The molecule has 0 heterocycles. The number of unbranched alkanes of at least 4 members (excludes halogenated alkanes) is 19. The molecule has 0 aliphatic carbocycles. The lowest BCUT2D eigenvalue weighted by atomic mass is 10.0. The summed E-state index contributed by atoms with van der Waals surface area (Å²) in [6, 6.07) is -1.47. The third-order valence-corrected chi connectivity index (χ3v) is 9.18. The number of carboxylic acid groups (broad SMARTS) is 1. The number of hydrogen-bond donors (Lipinski definition) is 3. The van der Waals surface area contributed by atoms with Crippen molar-refractivity contribution in [3.63, 3.8) is 0 Å². The molecule has 0 aliphatic rings. The Labute approximate surface area is 298 Å². The van der Waals surface area contributed by atoms with Crippen molar-refractivity contribution in [2.75, 3.05) is 26.4 Å². The van der Waals surface area contributed by atoms with E-state index in [0.717, 1.165) is 64.2 Å². The largest absolute Gasteiger partial charge is 0.480 e.